The zero-order chi connectivity index (χ0) is 11.0. The molecule has 1 fully saturated rings. The van der Waals surface area contributed by atoms with Gasteiger partial charge in [-0.2, -0.15) is 16.9 Å². The smallest absolute Gasteiger partial charge is 0.151 e. The molecule has 0 radical (unpaired) electrons. The Morgan fingerprint density at radius 1 is 1.44 bits per heavy atom. The second-order valence-corrected chi connectivity index (χ2v) is 6.00. The van der Waals surface area contributed by atoms with Crippen molar-refractivity contribution in [1.82, 2.24) is 14.8 Å². The normalized spacial score (nSPS) is 29.3. The first kappa shape index (κ1) is 10.6. The predicted octanol–water partition coefficient (Wildman–Crippen LogP) is 0.847. The van der Waals surface area contributed by atoms with E-state index in [0.717, 1.165) is 43.4 Å². The first-order valence-corrected chi connectivity index (χ1v) is 7.22. The maximum atomic E-state index is 5.94. The van der Waals surface area contributed by atoms with E-state index >= 15 is 0 Å². The number of aromatic nitrogens is 3. The van der Waals surface area contributed by atoms with Gasteiger partial charge in [-0.15, -0.1) is 0 Å². The zero-order valence-electron chi connectivity index (χ0n) is 9.43. The van der Waals surface area contributed by atoms with Crippen LogP contribution in [0.1, 0.15) is 24.5 Å². The number of thioether (sulfide) groups is 1. The predicted molar refractivity (Wildman–Crippen MR) is 65.5 cm³/mol. The fraction of sp³-hybridized carbons (Fsp3) is 0.818. The first-order chi connectivity index (χ1) is 7.81. The van der Waals surface area contributed by atoms with Gasteiger partial charge in [-0.05, 0) is 30.3 Å². The van der Waals surface area contributed by atoms with Gasteiger partial charge >= 0.3 is 0 Å². The van der Waals surface area contributed by atoms with Crippen LogP contribution >= 0.6 is 11.8 Å². The molecule has 1 saturated heterocycles. The summed E-state index contributed by atoms with van der Waals surface area (Å²) in [6.45, 7) is 0.947. The van der Waals surface area contributed by atoms with Crippen molar-refractivity contribution in [2.24, 2.45) is 11.7 Å². The van der Waals surface area contributed by atoms with Gasteiger partial charge in [0.05, 0.1) is 0 Å². The van der Waals surface area contributed by atoms with Gasteiger partial charge in [0.2, 0.25) is 0 Å². The number of aryl methyl sites for hydroxylation is 1. The summed E-state index contributed by atoms with van der Waals surface area (Å²) >= 11 is 2.05. The summed E-state index contributed by atoms with van der Waals surface area (Å²) in [6.07, 6.45) is 4.32. The van der Waals surface area contributed by atoms with E-state index in [4.69, 9.17) is 5.73 Å². The Morgan fingerprint density at radius 3 is 3.19 bits per heavy atom. The molecule has 88 valence electrons. The molecule has 5 heteroatoms. The molecule has 2 atom stereocenters. The fourth-order valence-corrected chi connectivity index (χ4v) is 3.75. The number of rotatable bonds is 2. The van der Waals surface area contributed by atoms with Crippen LogP contribution in [0.15, 0.2) is 0 Å². The highest BCUT2D eigenvalue weighted by atomic mass is 32.2. The Bertz CT molecular complexity index is 370. The van der Waals surface area contributed by atoms with Gasteiger partial charge in [-0.25, -0.2) is 9.67 Å². The summed E-state index contributed by atoms with van der Waals surface area (Å²) in [5.41, 5.74) is 5.94. The highest BCUT2D eigenvalue weighted by Gasteiger charge is 2.22. The lowest BCUT2D eigenvalue weighted by molar-refractivity contribution is 0.431. The van der Waals surface area contributed by atoms with E-state index in [1.165, 1.54) is 17.9 Å². The molecule has 3 heterocycles. The third kappa shape index (κ3) is 2.11. The van der Waals surface area contributed by atoms with Crippen molar-refractivity contribution >= 4 is 11.8 Å². The molecule has 0 bridgehead atoms. The minimum atomic E-state index is 0.284. The lowest BCUT2D eigenvalue weighted by Gasteiger charge is -2.17. The van der Waals surface area contributed by atoms with Crippen LogP contribution in [0.2, 0.25) is 0 Å². The third-order valence-electron chi connectivity index (χ3n) is 3.44. The summed E-state index contributed by atoms with van der Waals surface area (Å²) < 4.78 is 2.06. The van der Waals surface area contributed by atoms with E-state index in [9.17, 15) is 0 Å². The Balaban J connectivity index is 1.71. The Morgan fingerprint density at radius 2 is 2.38 bits per heavy atom. The Kier molecular flexibility index (Phi) is 2.90. The highest BCUT2D eigenvalue weighted by Crippen LogP contribution is 2.26. The van der Waals surface area contributed by atoms with Crippen LogP contribution in [0.5, 0.6) is 0 Å². The highest BCUT2D eigenvalue weighted by molar-refractivity contribution is 7.99. The number of fused-ring (bicyclic) bond motifs is 1. The second kappa shape index (κ2) is 4.37. The SMILES string of the molecule is NC1CCn2nc(CC3CCSC3)nc2C1. The number of hydrogen-bond donors (Lipinski definition) is 1. The van der Waals surface area contributed by atoms with Crippen LogP contribution in [-0.2, 0) is 19.4 Å². The van der Waals surface area contributed by atoms with Crippen molar-refractivity contribution in [3.63, 3.8) is 0 Å². The van der Waals surface area contributed by atoms with Crippen molar-refractivity contribution in [2.45, 2.75) is 38.3 Å². The summed E-state index contributed by atoms with van der Waals surface area (Å²) in [4.78, 5) is 4.63. The van der Waals surface area contributed by atoms with Crippen LogP contribution < -0.4 is 5.73 Å². The van der Waals surface area contributed by atoms with Crippen molar-refractivity contribution in [1.29, 1.82) is 0 Å². The summed E-state index contributed by atoms with van der Waals surface area (Å²) in [5.74, 6) is 5.52. The van der Waals surface area contributed by atoms with E-state index in [-0.39, 0.29) is 6.04 Å². The quantitative estimate of drug-likeness (QED) is 0.830. The van der Waals surface area contributed by atoms with Crippen molar-refractivity contribution in [3.05, 3.63) is 11.6 Å². The van der Waals surface area contributed by atoms with Crippen molar-refractivity contribution in [3.8, 4) is 0 Å². The molecule has 0 amide bonds. The first-order valence-electron chi connectivity index (χ1n) is 6.07. The van der Waals surface area contributed by atoms with E-state index < -0.39 is 0 Å². The Hall–Kier alpha value is -0.550. The van der Waals surface area contributed by atoms with Gasteiger partial charge in [0.15, 0.2) is 5.82 Å². The van der Waals surface area contributed by atoms with Gasteiger partial charge in [0.25, 0.3) is 0 Å². The van der Waals surface area contributed by atoms with Crippen LogP contribution in [-0.4, -0.2) is 32.3 Å². The van der Waals surface area contributed by atoms with E-state index in [1.54, 1.807) is 0 Å². The molecular formula is C11H18N4S. The number of nitrogens with two attached hydrogens (primary N) is 1. The average molecular weight is 238 g/mol. The van der Waals surface area contributed by atoms with Gasteiger partial charge in [0, 0.05) is 25.4 Å². The molecule has 4 nitrogen and oxygen atoms in total. The van der Waals surface area contributed by atoms with Gasteiger partial charge in [-0.1, -0.05) is 0 Å². The molecule has 0 spiro atoms. The summed E-state index contributed by atoms with van der Waals surface area (Å²) in [5, 5.41) is 4.59. The molecule has 2 unspecified atom stereocenters. The monoisotopic (exact) mass is 238 g/mol. The van der Waals surface area contributed by atoms with E-state index in [2.05, 4.69) is 26.5 Å². The molecule has 0 saturated carbocycles. The number of hydrogen-bond acceptors (Lipinski definition) is 4. The van der Waals surface area contributed by atoms with Gasteiger partial charge < -0.3 is 5.73 Å². The molecule has 1 aromatic heterocycles. The number of nitrogens with zero attached hydrogens (tertiary/aromatic N) is 3. The summed E-state index contributed by atoms with van der Waals surface area (Å²) in [7, 11) is 0. The molecule has 2 aliphatic rings. The van der Waals surface area contributed by atoms with E-state index in [1.807, 2.05) is 0 Å². The molecule has 16 heavy (non-hydrogen) atoms. The molecule has 0 aromatic carbocycles. The minimum Gasteiger partial charge on any atom is -0.327 e. The standard InChI is InChI=1S/C11H18N4S/c12-9-1-3-15-11(6-9)13-10(14-15)5-8-2-4-16-7-8/h8-9H,1-7,12H2. The molecule has 3 rings (SSSR count). The van der Waals surface area contributed by atoms with Crippen LogP contribution in [0.3, 0.4) is 0 Å². The van der Waals surface area contributed by atoms with Gasteiger partial charge in [-0.3, -0.25) is 0 Å². The maximum Gasteiger partial charge on any atom is 0.151 e. The second-order valence-electron chi connectivity index (χ2n) is 4.85. The Labute approximate surface area is 100.0 Å². The van der Waals surface area contributed by atoms with Crippen molar-refractivity contribution < 1.29 is 0 Å². The molecule has 2 aliphatic heterocycles. The topological polar surface area (TPSA) is 56.7 Å². The fourth-order valence-electron chi connectivity index (χ4n) is 2.47. The van der Waals surface area contributed by atoms with Crippen LogP contribution in [0.25, 0.3) is 0 Å². The largest absolute Gasteiger partial charge is 0.327 e. The van der Waals surface area contributed by atoms with Crippen LogP contribution in [0.4, 0.5) is 0 Å². The molecule has 1 aromatic rings. The maximum absolute atomic E-state index is 5.94. The minimum absolute atomic E-state index is 0.284. The molecular weight excluding hydrogens is 220 g/mol. The van der Waals surface area contributed by atoms with Crippen LogP contribution in [0, 0.1) is 5.92 Å². The third-order valence-corrected chi connectivity index (χ3v) is 4.68. The molecule has 0 aliphatic carbocycles. The van der Waals surface area contributed by atoms with Gasteiger partial charge in [0.1, 0.15) is 5.82 Å². The lowest BCUT2D eigenvalue weighted by Crippen LogP contribution is -2.31. The average Bonchev–Trinajstić information content (AvgIpc) is 2.86. The zero-order valence-corrected chi connectivity index (χ0v) is 10.2. The van der Waals surface area contributed by atoms with E-state index in [0.29, 0.717) is 0 Å². The van der Waals surface area contributed by atoms with Crippen molar-refractivity contribution in [2.75, 3.05) is 11.5 Å². The summed E-state index contributed by atoms with van der Waals surface area (Å²) in [6, 6.07) is 0.284. The lowest BCUT2D eigenvalue weighted by atomic mass is 10.1. The molecule has 2 N–H and O–H groups in total.